The van der Waals surface area contributed by atoms with Crippen molar-refractivity contribution >= 4 is 33.9 Å². The van der Waals surface area contributed by atoms with Crippen LogP contribution < -0.4 is 16.2 Å². The fraction of sp³-hybridized carbons (Fsp3) is 0.125. The van der Waals surface area contributed by atoms with Crippen molar-refractivity contribution in [3.8, 4) is 11.5 Å². The molecule has 0 unspecified atom stereocenters. The third-order valence-electron chi connectivity index (χ3n) is 2.98. The summed E-state index contributed by atoms with van der Waals surface area (Å²) in [4.78, 5) is 0. The Morgan fingerprint density at radius 2 is 1.50 bits per heavy atom. The summed E-state index contributed by atoms with van der Waals surface area (Å²) in [5.41, 5.74) is 12.2. The van der Waals surface area contributed by atoms with Crippen molar-refractivity contribution in [2.24, 2.45) is 11.5 Å². The van der Waals surface area contributed by atoms with Gasteiger partial charge in [0.15, 0.2) is 10.3 Å². The largest absolute Gasteiger partial charge is 0.457 e. The van der Waals surface area contributed by atoms with E-state index in [0.717, 1.165) is 17.3 Å². The summed E-state index contributed by atoms with van der Waals surface area (Å²) in [7, 11) is 0. The number of nitrogens with two attached hydrogens (primary N) is 2. The first-order chi connectivity index (χ1) is 11.5. The van der Waals surface area contributed by atoms with Gasteiger partial charge in [0, 0.05) is 22.6 Å². The molecule has 6 N–H and O–H groups in total. The molecule has 0 fully saturated rings. The Morgan fingerprint density at radius 3 is 2.17 bits per heavy atom. The number of rotatable bonds is 6. The summed E-state index contributed by atoms with van der Waals surface area (Å²) in [6.07, 6.45) is 0. The van der Waals surface area contributed by atoms with Gasteiger partial charge in [-0.15, -0.1) is 0 Å². The third-order valence-corrected chi connectivity index (χ3v) is 4.51. The second-order valence-electron chi connectivity index (χ2n) is 4.77. The van der Waals surface area contributed by atoms with E-state index in [4.69, 9.17) is 27.0 Å². The first-order valence-electron chi connectivity index (χ1n) is 6.93. The molecule has 0 saturated heterocycles. The van der Waals surface area contributed by atoms with Crippen LogP contribution in [-0.2, 0) is 11.5 Å². The van der Waals surface area contributed by atoms with Gasteiger partial charge in [0.25, 0.3) is 0 Å². The fourth-order valence-electron chi connectivity index (χ4n) is 1.91. The summed E-state index contributed by atoms with van der Waals surface area (Å²) in [6, 6.07) is 11.7. The van der Waals surface area contributed by atoms with Crippen LogP contribution in [0.4, 0.5) is 4.39 Å². The molecule has 2 rings (SSSR count). The number of hydrogen-bond donors (Lipinski definition) is 4. The number of nitrogens with one attached hydrogen (secondary N) is 2. The van der Waals surface area contributed by atoms with Crippen LogP contribution in [0.1, 0.15) is 11.1 Å². The number of hydrogen-bond acceptors (Lipinski definition) is 5. The molecule has 0 atom stereocenters. The SMILES string of the molecule is N=C(N)SCc1ccccc1Oc1ccc(F)cc1CSC(=N)N. The van der Waals surface area contributed by atoms with Crippen LogP contribution >= 0.6 is 23.5 Å². The van der Waals surface area contributed by atoms with Crippen molar-refractivity contribution in [2.75, 3.05) is 0 Å². The molecule has 0 aliphatic heterocycles. The average Bonchev–Trinajstić information content (AvgIpc) is 2.54. The van der Waals surface area contributed by atoms with Crippen LogP contribution in [0.3, 0.4) is 0 Å². The molecule has 0 amide bonds. The minimum Gasteiger partial charge on any atom is -0.457 e. The normalized spacial score (nSPS) is 10.4. The van der Waals surface area contributed by atoms with Crippen LogP contribution in [0.2, 0.25) is 0 Å². The van der Waals surface area contributed by atoms with Gasteiger partial charge >= 0.3 is 0 Å². The van der Waals surface area contributed by atoms with Crippen LogP contribution in [-0.4, -0.2) is 10.3 Å². The van der Waals surface area contributed by atoms with Crippen molar-refractivity contribution in [3.63, 3.8) is 0 Å². The van der Waals surface area contributed by atoms with Crippen LogP contribution in [0.5, 0.6) is 11.5 Å². The molecule has 0 bridgehead atoms. The van der Waals surface area contributed by atoms with E-state index in [1.54, 1.807) is 12.1 Å². The van der Waals surface area contributed by atoms with Gasteiger partial charge in [-0.3, -0.25) is 10.8 Å². The van der Waals surface area contributed by atoms with Gasteiger partial charge in [-0.2, -0.15) is 0 Å². The molecule has 0 aliphatic carbocycles. The monoisotopic (exact) mass is 364 g/mol. The standard InChI is InChI=1S/C16H17FN4OS2/c17-12-5-6-14(11(7-12)9-24-16(20)21)22-13-4-2-1-3-10(13)8-23-15(18)19/h1-7H,8-9H2,(H3,18,19)(H3,20,21). The number of thioether (sulfide) groups is 2. The summed E-state index contributed by atoms with van der Waals surface area (Å²) >= 11 is 2.30. The smallest absolute Gasteiger partial charge is 0.151 e. The maximum absolute atomic E-state index is 13.5. The Hall–Kier alpha value is -2.19. The maximum atomic E-state index is 13.5. The molecular weight excluding hydrogens is 347 g/mol. The topological polar surface area (TPSA) is 109 Å². The summed E-state index contributed by atoms with van der Waals surface area (Å²) in [6.45, 7) is 0. The molecule has 0 radical (unpaired) electrons. The second kappa shape index (κ2) is 8.60. The van der Waals surface area contributed by atoms with Crippen LogP contribution in [0.25, 0.3) is 0 Å². The Kier molecular flexibility index (Phi) is 6.51. The molecule has 24 heavy (non-hydrogen) atoms. The zero-order valence-corrected chi connectivity index (χ0v) is 14.3. The summed E-state index contributed by atoms with van der Waals surface area (Å²) in [5.74, 6) is 1.59. The summed E-state index contributed by atoms with van der Waals surface area (Å²) < 4.78 is 19.5. The summed E-state index contributed by atoms with van der Waals surface area (Å²) in [5, 5.41) is 14.6. The van der Waals surface area contributed by atoms with Gasteiger partial charge in [-0.25, -0.2) is 4.39 Å². The molecule has 2 aromatic rings. The predicted octanol–water partition coefficient (Wildman–Crippen LogP) is 3.87. The molecule has 126 valence electrons. The molecule has 0 spiro atoms. The zero-order valence-electron chi connectivity index (χ0n) is 12.7. The molecule has 0 aliphatic rings. The molecular formula is C16H17FN4OS2. The highest BCUT2D eigenvalue weighted by Crippen LogP contribution is 2.32. The van der Waals surface area contributed by atoms with Crippen molar-refractivity contribution in [1.82, 2.24) is 0 Å². The van der Waals surface area contributed by atoms with Crippen molar-refractivity contribution in [2.45, 2.75) is 11.5 Å². The van der Waals surface area contributed by atoms with Gasteiger partial charge in [0.1, 0.15) is 17.3 Å². The minimum atomic E-state index is -0.373. The first-order valence-corrected chi connectivity index (χ1v) is 8.90. The van der Waals surface area contributed by atoms with Gasteiger partial charge in [-0.1, -0.05) is 41.7 Å². The molecule has 5 nitrogen and oxygen atoms in total. The van der Waals surface area contributed by atoms with Crippen molar-refractivity contribution in [1.29, 1.82) is 10.8 Å². The van der Waals surface area contributed by atoms with E-state index in [-0.39, 0.29) is 16.2 Å². The molecule has 0 heterocycles. The van der Waals surface area contributed by atoms with Crippen molar-refractivity contribution in [3.05, 3.63) is 59.4 Å². The number of halogens is 1. The third kappa shape index (κ3) is 5.47. The minimum absolute atomic E-state index is 0.0325. The van der Waals surface area contributed by atoms with Crippen LogP contribution in [0.15, 0.2) is 42.5 Å². The lowest BCUT2D eigenvalue weighted by Gasteiger charge is -2.14. The van der Waals surface area contributed by atoms with Gasteiger partial charge in [0.2, 0.25) is 0 Å². The van der Waals surface area contributed by atoms with Gasteiger partial charge < -0.3 is 16.2 Å². The molecule has 8 heteroatoms. The number of para-hydroxylation sites is 1. The number of amidine groups is 2. The Labute approximate surface area is 148 Å². The highest BCUT2D eigenvalue weighted by atomic mass is 32.2. The van der Waals surface area contributed by atoms with E-state index in [1.165, 1.54) is 23.9 Å². The number of benzene rings is 2. The Morgan fingerprint density at radius 1 is 0.917 bits per heavy atom. The lowest BCUT2D eigenvalue weighted by atomic mass is 10.2. The van der Waals surface area contributed by atoms with E-state index < -0.39 is 0 Å². The zero-order chi connectivity index (χ0) is 17.5. The first kappa shape index (κ1) is 18.2. The van der Waals surface area contributed by atoms with E-state index in [9.17, 15) is 4.39 Å². The van der Waals surface area contributed by atoms with Crippen LogP contribution in [0, 0.1) is 16.6 Å². The van der Waals surface area contributed by atoms with E-state index in [2.05, 4.69) is 0 Å². The van der Waals surface area contributed by atoms with E-state index in [1.807, 2.05) is 18.2 Å². The predicted molar refractivity (Wildman–Crippen MR) is 99.3 cm³/mol. The average molecular weight is 364 g/mol. The lowest BCUT2D eigenvalue weighted by molar-refractivity contribution is 0.472. The number of ether oxygens (including phenoxy) is 1. The highest BCUT2D eigenvalue weighted by Gasteiger charge is 2.11. The molecule has 2 aromatic carbocycles. The second-order valence-corrected chi connectivity index (χ2v) is 6.80. The highest BCUT2D eigenvalue weighted by molar-refractivity contribution is 8.13. The van der Waals surface area contributed by atoms with Crippen molar-refractivity contribution < 1.29 is 9.13 Å². The lowest BCUT2D eigenvalue weighted by Crippen LogP contribution is -2.05. The van der Waals surface area contributed by atoms with Gasteiger partial charge in [0.05, 0.1) is 0 Å². The maximum Gasteiger partial charge on any atom is 0.151 e. The Bertz CT molecular complexity index is 755. The van der Waals surface area contributed by atoms with Gasteiger partial charge in [-0.05, 0) is 24.3 Å². The Balaban J connectivity index is 2.24. The van der Waals surface area contributed by atoms with E-state index >= 15 is 0 Å². The quantitative estimate of drug-likeness (QED) is 0.459. The molecule has 0 saturated carbocycles. The fourth-order valence-corrected chi connectivity index (χ4v) is 3.00. The molecule has 0 aromatic heterocycles. The van der Waals surface area contributed by atoms with E-state index in [0.29, 0.717) is 28.6 Å².